The number of benzene rings is 2. The standard InChI is InChI=1S/C19H23BrN2O2/c1-14(22(2)13-15-8-10-17(20)11-9-15)19(23)21-12-16-6-4-5-7-18(16)24-3/h4-11,14H,12-13H2,1-3H3,(H,21,23). The van der Waals surface area contributed by atoms with Gasteiger partial charge in [-0.3, -0.25) is 9.69 Å². The molecule has 1 amide bonds. The van der Waals surface area contributed by atoms with Crippen molar-refractivity contribution in [3.8, 4) is 5.75 Å². The van der Waals surface area contributed by atoms with E-state index in [9.17, 15) is 4.79 Å². The number of hydrogen-bond acceptors (Lipinski definition) is 3. The van der Waals surface area contributed by atoms with Gasteiger partial charge in [-0.1, -0.05) is 46.3 Å². The average molecular weight is 391 g/mol. The third-order valence-corrected chi connectivity index (χ3v) is 4.56. The van der Waals surface area contributed by atoms with E-state index in [0.29, 0.717) is 6.54 Å². The van der Waals surface area contributed by atoms with Crippen LogP contribution in [0.15, 0.2) is 53.0 Å². The molecule has 1 unspecified atom stereocenters. The molecule has 0 fully saturated rings. The molecule has 0 aliphatic carbocycles. The Hall–Kier alpha value is -1.85. The minimum Gasteiger partial charge on any atom is -0.496 e. The SMILES string of the molecule is COc1ccccc1CNC(=O)C(C)N(C)Cc1ccc(Br)cc1. The van der Waals surface area contributed by atoms with Gasteiger partial charge in [0.25, 0.3) is 0 Å². The largest absolute Gasteiger partial charge is 0.496 e. The number of ether oxygens (including phenoxy) is 1. The third kappa shape index (κ3) is 5.08. The molecule has 0 heterocycles. The molecular weight excluding hydrogens is 368 g/mol. The lowest BCUT2D eigenvalue weighted by Crippen LogP contribution is -2.42. The van der Waals surface area contributed by atoms with Gasteiger partial charge in [0.05, 0.1) is 13.2 Å². The first kappa shape index (κ1) is 18.5. The van der Waals surface area contributed by atoms with Crippen LogP contribution in [-0.4, -0.2) is 31.0 Å². The Kier molecular flexibility index (Phi) is 6.82. The van der Waals surface area contributed by atoms with Crippen LogP contribution in [0.3, 0.4) is 0 Å². The van der Waals surface area contributed by atoms with Gasteiger partial charge in [-0.25, -0.2) is 0 Å². The molecule has 128 valence electrons. The Balaban J connectivity index is 1.90. The molecule has 1 atom stereocenters. The molecule has 0 saturated carbocycles. The van der Waals surface area contributed by atoms with E-state index in [4.69, 9.17) is 4.74 Å². The number of nitrogens with one attached hydrogen (secondary N) is 1. The number of amides is 1. The minimum atomic E-state index is -0.219. The molecule has 2 aromatic rings. The van der Waals surface area contributed by atoms with Crippen molar-refractivity contribution >= 4 is 21.8 Å². The highest BCUT2D eigenvalue weighted by molar-refractivity contribution is 9.10. The Bertz CT molecular complexity index is 673. The van der Waals surface area contributed by atoms with E-state index in [1.54, 1.807) is 7.11 Å². The fourth-order valence-corrected chi connectivity index (χ4v) is 2.66. The van der Waals surface area contributed by atoms with Gasteiger partial charge in [-0.15, -0.1) is 0 Å². The summed E-state index contributed by atoms with van der Waals surface area (Å²) in [4.78, 5) is 14.4. The van der Waals surface area contributed by atoms with Gasteiger partial charge < -0.3 is 10.1 Å². The normalized spacial score (nSPS) is 12.0. The minimum absolute atomic E-state index is 0.000479. The second-order valence-electron chi connectivity index (χ2n) is 5.75. The fourth-order valence-electron chi connectivity index (χ4n) is 2.39. The fraction of sp³-hybridized carbons (Fsp3) is 0.316. The molecule has 5 heteroatoms. The maximum absolute atomic E-state index is 12.4. The predicted molar refractivity (Wildman–Crippen MR) is 99.9 cm³/mol. The quantitative estimate of drug-likeness (QED) is 0.784. The molecule has 0 radical (unpaired) electrons. The van der Waals surface area contributed by atoms with Crippen molar-refractivity contribution in [2.45, 2.75) is 26.1 Å². The van der Waals surface area contributed by atoms with Gasteiger partial charge in [0, 0.05) is 23.1 Å². The molecule has 0 bridgehead atoms. The first-order valence-electron chi connectivity index (χ1n) is 7.85. The second-order valence-corrected chi connectivity index (χ2v) is 6.66. The lowest BCUT2D eigenvalue weighted by atomic mass is 10.1. The summed E-state index contributed by atoms with van der Waals surface area (Å²) in [5.41, 5.74) is 2.14. The van der Waals surface area contributed by atoms with Gasteiger partial charge >= 0.3 is 0 Å². The summed E-state index contributed by atoms with van der Waals surface area (Å²) in [6.45, 7) is 3.09. The number of likely N-dealkylation sites (N-methyl/N-ethyl adjacent to an activating group) is 1. The third-order valence-electron chi connectivity index (χ3n) is 4.03. The van der Waals surface area contributed by atoms with Gasteiger partial charge in [0.2, 0.25) is 5.91 Å². The van der Waals surface area contributed by atoms with Crippen LogP contribution in [0.4, 0.5) is 0 Å². The smallest absolute Gasteiger partial charge is 0.237 e. The zero-order valence-corrected chi connectivity index (χ0v) is 15.8. The van der Waals surface area contributed by atoms with E-state index in [1.807, 2.05) is 55.3 Å². The number of nitrogens with zero attached hydrogens (tertiary/aromatic N) is 1. The summed E-state index contributed by atoms with van der Waals surface area (Å²) in [5.74, 6) is 0.786. The van der Waals surface area contributed by atoms with E-state index >= 15 is 0 Å². The monoisotopic (exact) mass is 390 g/mol. The molecular formula is C19H23BrN2O2. The number of rotatable bonds is 7. The molecule has 0 saturated heterocycles. The number of carbonyl (C=O) groups excluding carboxylic acids is 1. The Labute approximate surface area is 151 Å². The zero-order valence-electron chi connectivity index (χ0n) is 14.3. The number of carbonyl (C=O) groups is 1. The molecule has 24 heavy (non-hydrogen) atoms. The highest BCUT2D eigenvalue weighted by atomic mass is 79.9. The molecule has 0 aliphatic heterocycles. The summed E-state index contributed by atoms with van der Waals surface area (Å²) < 4.78 is 6.36. The average Bonchev–Trinajstić information content (AvgIpc) is 2.61. The van der Waals surface area contributed by atoms with E-state index in [0.717, 1.165) is 22.3 Å². The van der Waals surface area contributed by atoms with Crippen molar-refractivity contribution in [1.29, 1.82) is 0 Å². The van der Waals surface area contributed by atoms with Crippen molar-refractivity contribution in [3.63, 3.8) is 0 Å². The van der Waals surface area contributed by atoms with E-state index in [1.165, 1.54) is 5.56 Å². The van der Waals surface area contributed by atoms with Crippen LogP contribution in [0.2, 0.25) is 0 Å². The first-order chi connectivity index (χ1) is 11.5. The molecule has 0 aliphatic rings. The van der Waals surface area contributed by atoms with Crippen LogP contribution in [0.25, 0.3) is 0 Å². The number of hydrogen-bond donors (Lipinski definition) is 1. The molecule has 0 aromatic heterocycles. The lowest BCUT2D eigenvalue weighted by Gasteiger charge is -2.24. The maximum Gasteiger partial charge on any atom is 0.237 e. The van der Waals surface area contributed by atoms with Crippen molar-refractivity contribution in [2.24, 2.45) is 0 Å². The van der Waals surface area contributed by atoms with Crippen LogP contribution in [0, 0.1) is 0 Å². The topological polar surface area (TPSA) is 41.6 Å². The highest BCUT2D eigenvalue weighted by Crippen LogP contribution is 2.17. The van der Waals surface area contributed by atoms with Crippen LogP contribution in [0.5, 0.6) is 5.75 Å². The number of methoxy groups -OCH3 is 1. The summed E-state index contributed by atoms with van der Waals surface area (Å²) in [7, 11) is 3.59. The van der Waals surface area contributed by atoms with Crippen LogP contribution < -0.4 is 10.1 Å². The number of para-hydroxylation sites is 1. The maximum atomic E-state index is 12.4. The predicted octanol–water partition coefficient (Wildman–Crippen LogP) is 3.59. The summed E-state index contributed by atoms with van der Waals surface area (Å²) in [5, 5.41) is 2.98. The van der Waals surface area contributed by atoms with Crippen molar-refractivity contribution in [3.05, 3.63) is 64.1 Å². The van der Waals surface area contributed by atoms with Crippen LogP contribution >= 0.6 is 15.9 Å². The van der Waals surface area contributed by atoms with Gasteiger partial charge in [0.1, 0.15) is 5.75 Å². The first-order valence-corrected chi connectivity index (χ1v) is 8.65. The second kappa shape index (κ2) is 8.85. The molecule has 2 rings (SSSR count). The van der Waals surface area contributed by atoms with Gasteiger partial charge in [-0.2, -0.15) is 0 Å². The van der Waals surface area contributed by atoms with Crippen LogP contribution in [0.1, 0.15) is 18.1 Å². The summed E-state index contributed by atoms with van der Waals surface area (Å²) in [6.07, 6.45) is 0. The summed E-state index contributed by atoms with van der Waals surface area (Å²) in [6, 6.07) is 15.6. The van der Waals surface area contributed by atoms with Crippen molar-refractivity contribution in [1.82, 2.24) is 10.2 Å². The molecule has 1 N–H and O–H groups in total. The van der Waals surface area contributed by atoms with Gasteiger partial charge in [0.15, 0.2) is 0 Å². The number of halogens is 1. The van der Waals surface area contributed by atoms with E-state index in [2.05, 4.69) is 33.4 Å². The van der Waals surface area contributed by atoms with Crippen LogP contribution in [-0.2, 0) is 17.9 Å². The van der Waals surface area contributed by atoms with E-state index < -0.39 is 0 Å². The molecule has 0 spiro atoms. The molecule has 2 aromatic carbocycles. The Morgan fingerprint density at radius 2 is 1.88 bits per heavy atom. The Morgan fingerprint density at radius 1 is 1.21 bits per heavy atom. The van der Waals surface area contributed by atoms with Crippen molar-refractivity contribution in [2.75, 3.05) is 14.2 Å². The lowest BCUT2D eigenvalue weighted by molar-refractivity contribution is -0.125. The Morgan fingerprint density at radius 3 is 2.54 bits per heavy atom. The van der Waals surface area contributed by atoms with Gasteiger partial charge in [-0.05, 0) is 37.7 Å². The van der Waals surface area contributed by atoms with Crippen molar-refractivity contribution < 1.29 is 9.53 Å². The summed E-state index contributed by atoms with van der Waals surface area (Å²) >= 11 is 3.43. The van der Waals surface area contributed by atoms with E-state index in [-0.39, 0.29) is 11.9 Å². The highest BCUT2D eigenvalue weighted by Gasteiger charge is 2.18. The molecule has 4 nitrogen and oxygen atoms in total. The zero-order chi connectivity index (χ0) is 17.5.